The molecule has 0 radical (unpaired) electrons. The molecule has 3 nitrogen and oxygen atoms in total. The van der Waals surface area contributed by atoms with Gasteiger partial charge in [-0.2, -0.15) is 5.26 Å². The molecule has 0 spiro atoms. The Balaban J connectivity index is 2.74. The average Bonchev–Trinajstić information content (AvgIpc) is 2.04. The first-order valence-corrected chi connectivity index (χ1v) is 4.18. The maximum Gasteiger partial charge on any atom is 0.0774 e. The van der Waals surface area contributed by atoms with Crippen LogP contribution in [0.3, 0.4) is 0 Å². The Hall–Kier alpha value is -1.40. The van der Waals surface area contributed by atoms with Crippen LogP contribution in [-0.4, -0.2) is 24.0 Å². The number of hydrogen-bond donors (Lipinski definition) is 0. The minimum Gasteiger partial charge on any atom is -0.305 e. The van der Waals surface area contributed by atoms with E-state index in [1.807, 2.05) is 26.2 Å². The van der Waals surface area contributed by atoms with E-state index in [2.05, 4.69) is 16.0 Å². The minimum atomic E-state index is 0.390. The van der Waals surface area contributed by atoms with Crippen molar-refractivity contribution in [3.8, 4) is 6.07 Å². The molecule has 1 rings (SSSR count). The fraction of sp³-hybridized carbons (Fsp3) is 0.400. The van der Waals surface area contributed by atoms with Crippen molar-refractivity contribution >= 4 is 0 Å². The zero-order chi connectivity index (χ0) is 9.68. The molecule has 0 unspecified atom stereocenters. The Bertz CT molecular complexity index is 312. The van der Waals surface area contributed by atoms with Crippen LogP contribution in [0, 0.1) is 11.3 Å². The van der Waals surface area contributed by atoms with Gasteiger partial charge in [-0.1, -0.05) is 0 Å². The molecule has 0 saturated heterocycles. The molecule has 0 aliphatic carbocycles. The van der Waals surface area contributed by atoms with E-state index < -0.39 is 0 Å². The molecule has 68 valence electrons. The first-order chi connectivity index (χ1) is 6.22. The molecular weight excluding hydrogens is 162 g/mol. The maximum absolute atomic E-state index is 8.49. The van der Waals surface area contributed by atoms with E-state index in [1.165, 1.54) is 5.56 Å². The largest absolute Gasteiger partial charge is 0.305 e. The molecule has 0 N–H and O–H groups in total. The summed E-state index contributed by atoms with van der Waals surface area (Å²) < 4.78 is 0. The summed E-state index contributed by atoms with van der Waals surface area (Å²) in [6, 6.07) is 6.04. The molecule has 0 aromatic carbocycles. The van der Waals surface area contributed by atoms with Gasteiger partial charge in [0, 0.05) is 12.7 Å². The van der Waals surface area contributed by atoms with Gasteiger partial charge in [0.1, 0.15) is 0 Å². The van der Waals surface area contributed by atoms with Gasteiger partial charge in [-0.15, -0.1) is 0 Å². The smallest absolute Gasteiger partial charge is 0.0774 e. The van der Waals surface area contributed by atoms with E-state index in [-0.39, 0.29) is 0 Å². The van der Waals surface area contributed by atoms with Gasteiger partial charge in [0.2, 0.25) is 0 Å². The lowest BCUT2D eigenvalue weighted by atomic mass is 10.2. The molecule has 0 aliphatic rings. The van der Waals surface area contributed by atoms with Crippen LogP contribution < -0.4 is 0 Å². The summed E-state index contributed by atoms with van der Waals surface area (Å²) in [4.78, 5) is 6.18. The molecule has 0 aliphatic heterocycles. The zero-order valence-corrected chi connectivity index (χ0v) is 7.99. The van der Waals surface area contributed by atoms with Gasteiger partial charge in [0.05, 0.1) is 18.2 Å². The fourth-order valence-corrected chi connectivity index (χ4v) is 1.17. The molecule has 1 heterocycles. The third-order valence-electron chi connectivity index (χ3n) is 1.64. The fourth-order valence-electron chi connectivity index (χ4n) is 1.17. The monoisotopic (exact) mass is 175 g/mol. The Morgan fingerprint density at radius 3 is 2.92 bits per heavy atom. The van der Waals surface area contributed by atoms with E-state index >= 15 is 0 Å². The van der Waals surface area contributed by atoms with Crippen molar-refractivity contribution < 1.29 is 0 Å². The summed E-state index contributed by atoms with van der Waals surface area (Å²) in [5.74, 6) is 0. The van der Waals surface area contributed by atoms with Gasteiger partial charge < -0.3 is 4.90 Å². The van der Waals surface area contributed by atoms with Gasteiger partial charge in [0.25, 0.3) is 0 Å². The Morgan fingerprint density at radius 2 is 2.31 bits per heavy atom. The zero-order valence-electron chi connectivity index (χ0n) is 7.99. The molecule has 0 bridgehead atoms. The summed E-state index contributed by atoms with van der Waals surface area (Å²) in [5.41, 5.74) is 2.05. The normalized spacial score (nSPS) is 10.0. The van der Waals surface area contributed by atoms with E-state index in [9.17, 15) is 0 Å². The van der Waals surface area contributed by atoms with Crippen molar-refractivity contribution in [2.75, 3.05) is 14.1 Å². The molecule has 3 heteroatoms. The lowest BCUT2D eigenvalue weighted by Gasteiger charge is -2.09. The predicted octanol–water partition coefficient (Wildman–Crippen LogP) is 1.21. The van der Waals surface area contributed by atoms with Crippen molar-refractivity contribution in [3.05, 3.63) is 29.6 Å². The Kier molecular flexibility index (Phi) is 3.41. The van der Waals surface area contributed by atoms with Crippen LogP contribution in [0.15, 0.2) is 18.3 Å². The van der Waals surface area contributed by atoms with Gasteiger partial charge in [-0.3, -0.25) is 4.98 Å². The van der Waals surface area contributed by atoms with Gasteiger partial charge in [-0.25, -0.2) is 0 Å². The van der Waals surface area contributed by atoms with E-state index in [4.69, 9.17) is 5.26 Å². The number of aromatic nitrogens is 1. The molecule has 13 heavy (non-hydrogen) atoms. The van der Waals surface area contributed by atoms with Crippen LogP contribution in [-0.2, 0) is 13.0 Å². The second kappa shape index (κ2) is 4.58. The summed E-state index contributed by atoms with van der Waals surface area (Å²) in [6.07, 6.45) is 2.15. The lowest BCUT2D eigenvalue weighted by Crippen LogP contribution is -2.10. The summed E-state index contributed by atoms with van der Waals surface area (Å²) in [5, 5.41) is 8.49. The predicted molar refractivity (Wildman–Crippen MR) is 50.9 cm³/mol. The van der Waals surface area contributed by atoms with Gasteiger partial charge in [0.15, 0.2) is 0 Å². The molecule has 0 saturated carbocycles. The number of rotatable bonds is 3. The summed E-state index contributed by atoms with van der Waals surface area (Å²) in [7, 11) is 4.04. The van der Waals surface area contributed by atoms with Gasteiger partial charge in [-0.05, 0) is 31.8 Å². The second-order valence-electron chi connectivity index (χ2n) is 3.23. The number of nitrogens with zero attached hydrogens (tertiary/aromatic N) is 3. The summed E-state index contributed by atoms with van der Waals surface area (Å²) in [6.45, 7) is 0.890. The van der Waals surface area contributed by atoms with Crippen molar-refractivity contribution in [3.63, 3.8) is 0 Å². The highest BCUT2D eigenvalue weighted by Crippen LogP contribution is 2.04. The Labute approximate surface area is 78.6 Å². The number of nitriles is 1. The molecule has 0 amide bonds. The molecule has 0 atom stereocenters. The standard InChI is InChI=1S/C10H13N3/c1-13(2)8-9-4-6-12-10(7-9)3-5-11/h4,6-7H,3,8H2,1-2H3. The highest BCUT2D eigenvalue weighted by Gasteiger charge is 1.97. The molecule has 0 fully saturated rings. The van der Waals surface area contributed by atoms with Crippen molar-refractivity contribution in [2.24, 2.45) is 0 Å². The van der Waals surface area contributed by atoms with Crippen molar-refractivity contribution in [1.29, 1.82) is 5.26 Å². The molecule has 1 aromatic heterocycles. The average molecular weight is 175 g/mol. The SMILES string of the molecule is CN(C)Cc1ccnc(CC#N)c1. The third-order valence-corrected chi connectivity index (χ3v) is 1.64. The minimum absolute atomic E-state index is 0.390. The number of pyridine rings is 1. The van der Waals surface area contributed by atoms with Crippen LogP contribution in [0.1, 0.15) is 11.3 Å². The molecular formula is C10H13N3. The van der Waals surface area contributed by atoms with Crippen LogP contribution in [0.5, 0.6) is 0 Å². The van der Waals surface area contributed by atoms with Crippen LogP contribution >= 0.6 is 0 Å². The first kappa shape index (κ1) is 9.69. The van der Waals surface area contributed by atoms with Crippen molar-refractivity contribution in [2.45, 2.75) is 13.0 Å². The van der Waals surface area contributed by atoms with Crippen LogP contribution in [0.25, 0.3) is 0 Å². The van der Waals surface area contributed by atoms with Crippen LogP contribution in [0.4, 0.5) is 0 Å². The van der Waals surface area contributed by atoms with Gasteiger partial charge >= 0.3 is 0 Å². The second-order valence-corrected chi connectivity index (χ2v) is 3.23. The number of hydrogen-bond acceptors (Lipinski definition) is 3. The van der Waals surface area contributed by atoms with E-state index in [1.54, 1.807) is 6.20 Å². The highest BCUT2D eigenvalue weighted by molar-refractivity contribution is 5.18. The van der Waals surface area contributed by atoms with E-state index in [0.29, 0.717) is 6.42 Å². The van der Waals surface area contributed by atoms with E-state index in [0.717, 1.165) is 12.2 Å². The molecule has 1 aromatic rings. The Morgan fingerprint density at radius 1 is 1.54 bits per heavy atom. The van der Waals surface area contributed by atoms with Crippen LogP contribution in [0.2, 0.25) is 0 Å². The topological polar surface area (TPSA) is 39.9 Å². The first-order valence-electron chi connectivity index (χ1n) is 4.18. The quantitative estimate of drug-likeness (QED) is 0.693. The maximum atomic E-state index is 8.49. The highest BCUT2D eigenvalue weighted by atomic mass is 15.0. The summed E-state index contributed by atoms with van der Waals surface area (Å²) >= 11 is 0. The lowest BCUT2D eigenvalue weighted by molar-refractivity contribution is 0.402. The van der Waals surface area contributed by atoms with Crippen molar-refractivity contribution in [1.82, 2.24) is 9.88 Å². The third kappa shape index (κ3) is 3.22.